The van der Waals surface area contributed by atoms with E-state index in [1.807, 2.05) is 0 Å². The van der Waals surface area contributed by atoms with Crippen LogP contribution in [0, 0.1) is 11.8 Å². The van der Waals surface area contributed by atoms with Gasteiger partial charge in [-0.2, -0.15) is 0 Å². The molecule has 0 aliphatic heterocycles. The molecule has 0 heterocycles. The third-order valence-corrected chi connectivity index (χ3v) is 4.12. The van der Waals surface area contributed by atoms with Crippen LogP contribution in [0.25, 0.3) is 11.1 Å². The molecule has 0 saturated heterocycles. The number of rotatable bonds is 4. The lowest BCUT2D eigenvalue weighted by Crippen LogP contribution is -2.02. The Hall–Kier alpha value is -3.91. The lowest BCUT2D eigenvalue weighted by Gasteiger charge is -2.12. The fraction of sp³-hybridized carbons (Fsp3) is 0.0870. The maximum Gasteiger partial charge on any atom is 0.336 e. The maximum absolute atomic E-state index is 11.8. The largest absolute Gasteiger partial charge is 0.508 e. The minimum atomic E-state index is -1.06. The van der Waals surface area contributed by atoms with E-state index in [4.69, 9.17) is 9.47 Å². The highest BCUT2D eigenvalue weighted by molar-refractivity contribution is 5.98. The van der Waals surface area contributed by atoms with Crippen LogP contribution >= 0.6 is 0 Å². The number of hydrogen-bond acceptors (Lipinski definition) is 4. The van der Waals surface area contributed by atoms with Crippen LogP contribution in [0.1, 0.15) is 21.5 Å². The van der Waals surface area contributed by atoms with Gasteiger partial charge in [-0.05, 0) is 48.0 Å². The standard InChI is InChI=1S/C23H18O5/c1-27-19-12-17(13-20(14-19)28-2)22-16(6-4-8-21(22)23(25)26)10-9-15-5-3-7-18(24)11-15/h3-8,11-14,24H,1-2H3,(H,25,26). The number of hydrogen-bond donors (Lipinski definition) is 2. The van der Waals surface area contributed by atoms with Crippen LogP contribution in [0.2, 0.25) is 0 Å². The van der Waals surface area contributed by atoms with E-state index in [0.717, 1.165) is 0 Å². The Balaban J connectivity index is 2.22. The summed E-state index contributed by atoms with van der Waals surface area (Å²) >= 11 is 0. The topological polar surface area (TPSA) is 76.0 Å². The van der Waals surface area contributed by atoms with Crippen LogP contribution < -0.4 is 9.47 Å². The second kappa shape index (κ2) is 8.19. The van der Waals surface area contributed by atoms with Gasteiger partial charge in [0.05, 0.1) is 19.8 Å². The molecule has 0 aliphatic rings. The molecule has 3 aromatic rings. The summed E-state index contributed by atoms with van der Waals surface area (Å²) in [4.78, 5) is 11.8. The van der Waals surface area contributed by atoms with E-state index >= 15 is 0 Å². The minimum absolute atomic E-state index is 0.115. The Morgan fingerprint density at radius 1 is 0.893 bits per heavy atom. The van der Waals surface area contributed by atoms with Crippen LogP contribution in [-0.2, 0) is 0 Å². The number of benzene rings is 3. The first-order valence-corrected chi connectivity index (χ1v) is 8.42. The van der Waals surface area contributed by atoms with Gasteiger partial charge in [-0.3, -0.25) is 0 Å². The van der Waals surface area contributed by atoms with Crippen LogP contribution in [0.4, 0.5) is 0 Å². The Morgan fingerprint density at radius 3 is 2.18 bits per heavy atom. The van der Waals surface area contributed by atoms with Crippen molar-refractivity contribution >= 4 is 5.97 Å². The summed E-state index contributed by atoms with van der Waals surface area (Å²) in [5, 5.41) is 19.3. The van der Waals surface area contributed by atoms with E-state index in [1.165, 1.54) is 20.3 Å². The number of carboxylic acids is 1. The molecule has 0 amide bonds. The van der Waals surface area contributed by atoms with E-state index in [0.29, 0.717) is 33.8 Å². The average Bonchev–Trinajstić information content (AvgIpc) is 2.71. The number of carbonyl (C=O) groups is 1. The molecule has 0 spiro atoms. The molecular weight excluding hydrogens is 356 g/mol. The number of aromatic carboxylic acids is 1. The molecule has 5 nitrogen and oxygen atoms in total. The van der Waals surface area contributed by atoms with Gasteiger partial charge < -0.3 is 19.7 Å². The summed E-state index contributed by atoms with van der Waals surface area (Å²) in [5.41, 5.74) is 2.38. The Morgan fingerprint density at radius 2 is 1.57 bits per heavy atom. The fourth-order valence-corrected chi connectivity index (χ4v) is 2.82. The predicted molar refractivity (Wildman–Crippen MR) is 106 cm³/mol. The molecular formula is C23H18O5. The zero-order valence-corrected chi connectivity index (χ0v) is 15.4. The second-order valence-electron chi connectivity index (χ2n) is 5.93. The fourth-order valence-electron chi connectivity index (χ4n) is 2.82. The van der Waals surface area contributed by atoms with Gasteiger partial charge in [0, 0.05) is 22.8 Å². The van der Waals surface area contributed by atoms with Crippen molar-refractivity contribution in [2.75, 3.05) is 14.2 Å². The van der Waals surface area contributed by atoms with Gasteiger partial charge in [0.15, 0.2) is 0 Å². The van der Waals surface area contributed by atoms with E-state index in [2.05, 4.69) is 11.8 Å². The molecule has 0 saturated carbocycles. The molecule has 5 heteroatoms. The van der Waals surface area contributed by atoms with Crippen LogP contribution in [0.3, 0.4) is 0 Å². The second-order valence-corrected chi connectivity index (χ2v) is 5.93. The van der Waals surface area contributed by atoms with Gasteiger partial charge in [-0.15, -0.1) is 0 Å². The SMILES string of the molecule is COc1cc(OC)cc(-c2c(C#Cc3cccc(O)c3)cccc2C(=O)O)c1. The van der Waals surface area contributed by atoms with Crippen LogP contribution in [0.5, 0.6) is 17.2 Å². The molecule has 0 unspecified atom stereocenters. The number of methoxy groups -OCH3 is 2. The number of ether oxygens (including phenoxy) is 2. The van der Waals surface area contributed by atoms with Crippen molar-refractivity contribution in [3.8, 4) is 40.2 Å². The van der Waals surface area contributed by atoms with E-state index in [1.54, 1.807) is 54.6 Å². The molecule has 3 rings (SSSR count). The van der Waals surface area contributed by atoms with Crippen molar-refractivity contribution in [2.45, 2.75) is 0 Å². The molecule has 0 fully saturated rings. The average molecular weight is 374 g/mol. The zero-order chi connectivity index (χ0) is 20.1. The Kier molecular flexibility index (Phi) is 5.52. The Labute approximate surface area is 162 Å². The molecule has 0 radical (unpaired) electrons. The number of aromatic hydroxyl groups is 1. The van der Waals surface area contributed by atoms with E-state index in [-0.39, 0.29) is 11.3 Å². The van der Waals surface area contributed by atoms with E-state index in [9.17, 15) is 15.0 Å². The Bertz CT molecular complexity index is 1070. The molecule has 2 N–H and O–H groups in total. The van der Waals surface area contributed by atoms with Crippen LogP contribution in [-0.4, -0.2) is 30.4 Å². The number of carboxylic acid groups (broad SMARTS) is 1. The summed E-state index contributed by atoms with van der Waals surface area (Å²) in [7, 11) is 3.06. The molecule has 0 bridgehead atoms. The van der Waals surface area contributed by atoms with Gasteiger partial charge in [-0.25, -0.2) is 4.79 Å². The van der Waals surface area contributed by atoms with Gasteiger partial charge in [0.25, 0.3) is 0 Å². The number of phenolic OH excluding ortho intramolecular Hbond substituents is 1. The zero-order valence-electron chi connectivity index (χ0n) is 15.4. The summed E-state index contributed by atoms with van der Waals surface area (Å²) in [6.07, 6.45) is 0. The smallest absolute Gasteiger partial charge is 0.336 e. The van der Waals surface area contributed by atoms with Crippen molar-refractivity contribution in [1.29, 1.82) is 0 Å². The highest BCUT2D eigenvalue weighted by Gasteiger charge is 2.17. The summed E-state index contributed by atoms with van der Waals surface area (Å²) in [6.45, 7) is 0. The molecule has 0 aromatic heterocycles. The maximum atomic E-state index is 11.8. The van der Waals surface area contributed by atoms with Gasteiger partial charge in [0.2, 0.25) is 0 Å². The van der Waals surface area contributed by atoms with Crippen molar-refractivity contribution < 1.29 is 24.5 Å². The van der Waals surface area contributed by atoms with Gasteiger partial charge >= 0.3 is 5.97 Å². The molecule has 140 valence electrons. The lowest BCUT2D eigenvalue weighted by atomic mass is 9.94. The van der Waals surface area contributed by atoms with Crippen molar-refractivity contribution in [3.63, 3.8) is 0 Å². The number of phenols is 1. The summed E-state index contributed by atoms with van der Waals surface area (Å²) < 4.78 is 10.6. The van der Waals surface area contributed by atoms with Crippen LogP contribution in [0.15, 0.2) is 60.7 Å². The molecule has 0 atom stereocenters. The highest BCUT2D eigenvalue weighted by Crippen LogP contribution is 2.34. The van der Waals surface area contributed by atoms with Crippen molar-refractivity contribution in [3.05, 3.63) is 77.4 Å². The normalized spacial score (nSPS) is 9.93. The quantitative estimate of drug-likeness (QED) is 0.670. The molecule has 3 aromatic carbocycles. The first-order chi connectivity index (χ1) is 13.5. The monoisotopic (exact) mass is 374 g/mol. The van der Waals surface area contributed by atoms with E-state index < -0.39 is 5.97 Å². The molecule has 0 aliphatic carbocycles. The van der Waals surface area contributed by atoms with Gasteiger partial charge in [0.1, 0.15) is 17.2 Å². The third-order valence-electron chi connectivity index (χ3n) is 4.12. The summed E-state index contributed by atoms with van der Waals surface area (Å²) in [5.74, 6) is 6.13. The minimum Gasteiger partial charge on any atom is -0.508 e. The highest BCUT2D eigenvalue weighted by atomic mass is 16.5. The van der Waals surface area contributed by atoms with Crippen molar-refractivity contribution in [1.82, 2.24) is 0 Å². The van der Waals surface area contributed by atoms with Gasteiger partial charge in [-0.1, -0.05) is 24.0 Å². The lowest BCUT2D eigenvalue weighted by molar-refractivity contribution is 0.0697. The summed E-state index contributed by atoms with van der Waals surface area (Å²) in [6, 6.07) is 16.7. The molecule has 28 heavy (non-hydrogen) atoms. The van der Waals surface area contributed by atoms with Crippen molar-refractivity contribution in [2.24, 2.45) is 0 Å². The predicted octanol–water partition coefficient (Wildman–Crippen LogP) is 4.17. The first-order valence-electron chi connectivity index (χ1n) is 8.42. The third kappa shape index (κ3) is 4.08. The first kappa shape index (κ1) is 18.9.